The minimum Gasteiger partial charge on any atom is -0.324 e. The van der Waals surface area contributed by atoms with Crippen LogP contribution >= 0.6 is 11.6 Å². The number of rotatable bonds is 8. The Morgan fingerprint density at radius 2 is 1.72 bits per heavy atom. The molecule has 6 nitrogen and oxygen atoms in total. The van der Waals surface area contributed by atoms with E-state index in [4.69, 9.17) is 11.6 Å². The zero-order chi connectivity index (χ0) is 28.2. The van der Waals surface area contributed by atoms with Crippen molar-refractivity contribution in [3.8, 4) is 11.3 Å². The molecule has 0 radical (unpaired) electrons. The number of nitrogens with zero attached hydrogens (tertiary/aromatic N) is 3. The molecule has 0 aliphatic rings. The van der Waals surface area contributed by atoms with E-state index in [0.29, 0.717) is 41.7 Å². The van der Waals surface area contributed by atoms with Crippen LogP contribution in [-0.4, -0.2) is 20.9 Å². The quantitative estimate of drug-likeness (QED) is 0.217. The summed E-state index contributed by atoms with van der Waals surface area (Å²) in [7, 11) is 0. The third kappa shape index (κ3) is 6.37. The summed E-state index contributed by atoms with van der Waals surface area (Å²) >= 11 is 5.91. The van der Waals surface area contributed by atoms with Gasteiger partial charge in [-0.05, 0) is 78.4 Å². The number of hydrogen-bond donors (Lipinski definition) is 2. The molecule has 0 saturated carbocycles. The first-order valence-corrected chi connectivity index (χ1v) is 12.9. The molecule has 4 rings (SSSR count). The van der Waals surface area contributed by atoms with E-state index in [0.717, 1.165) is 40.1 Å². The second kappa shape index (κ2) is 11.8. The molecule has 2 heterocycles. The van der Waals surface area contributed by atoms with E-state index in [2.05, 4.69) is 25.6 Å². The number of carbonyl (C=O) groups excluding carboxylic acids is 1. The van der Waals surface area contributed by atoms with Crippen molar-refractivity contribution in [3.63, 3.8) is 0 Å². The van der Waals surface area contributed by atoms with Gasteiger partial charge < -0.3 is 10.6 Å². The molecule has 2 N–H and O–H groups in total. The lowest BCUT2D eigenvalue weighted by atomic mass is 9.94. The maximum Gasteiger partial charge on any atom is 0.416 e. The Labute approximate surface area is 229 Å². The number of alkyl halides is 3. The Hall–Kier alpha value is -3.98. The van der Waals surface area contributed by atoms with Crippen LogP contribution in [0.3, 0.4) is 0 Å². The van der Waals surface area contributed by atoms with E-state index >= 15 is 0 Å². The number of amides is 1. The predicted molar refractivity (Wildman–Crippen MR) is 148 cm³/mol. The molecule has 0 atom stereocenters. The Morgan fingerprint density at radius 1 is 0.949 bits per heavy atom. The minimum atomic E-state index is -4.54. The first kappa shape index (κ1) is 28.0. The highest BCUT2D eigenvalue weighted by molar-refractivity contribution is 6.29. The van der Waals surface area contributed by atoms with Gasteiger partial charge in [-0.2, -0.15) is 13.2 Å². The molecule has 1 amide bonds. The van der Waals surface area contributed by atoms with Gasteiger partial charge in [0.1, 0.15) is 5.15 Å². The Balaban J connectivity index is 1.73. The number of pyridine rings is 1. The SMILES string of the molecule is CCc1cc(NC(=O)c2cccc(C(F)(F)F)c2)c(CC)c(Nc2nccc(-c3ccc(Cl)nc3)n2)c1CC. The van der Waals surface area contributed by atoms with Crippen LogP contribution in [0.1, 0.15) is 53.4 Å². The van der Waals surface area contributed by atoms with Crippen molar-refractivity contribution in [1.29, 1.82) is 0 Å². The van der Waals surface area contributed by atoms with Gasteiger partial charge in [0.05, 0.1) is 11.3 Å². The molecule has 0 spiro atoms. The summed E-state index contributed by atoms with van der Waals surface area (Å²) < 4.78 is 39.6. The van der Waals surface area contributed by atoms with Gasteiger partial charge in [0.25, 0.3) is 5.91 Å². The molecule has 0 saturated heterocycles. The zero-order valence-corrected chi connectivity index (χ0v) is 22.4. The molecule has 0 bridgehead atoms. The normalized spacial score (nSPS) is 11.4. The summed E-state index contributed by atoms with van der Waals surface area (Å²) in [5.41, 5.74) is 4.60. The van der Waals surface area contributed by atoms with Crippen molar-refractivity contribution in [3.05, 3.63) is 93.9 Å². The van der Waals surface area contributed by atoms with Crippen LogP contribution in [0.25, 0.3) is 11.3 Å². The number of carbonyl (C=O) groups is 1. The van der Waals surface area contributed by atoms with Crippen molar-refractivity contribution < 1.29 is 18.0 Å². The zero-order valence-electron chi connectivity index (χ0n) is 21.7. The highest BCUT2D eigenvalue weighted by Crippen LogP contribution is 2.36. The van der Waals surface area contributed by atoms with Crippen LogP contribution in [0.2, 0.25) is 5.15 Å². The predicted octanol–water partition coefficient (Wildman–Crippen LogP) is 7.89. The molecular weight excluding hydrogens is 527 g/mol. The lowest BCUT2D eigenvalue weighted by Gasteiger charge is -2.22. The van der Waals surface area contributed by atoms with Crippen LogP contribution in [0, 0.1) is 0 Å². The number of aromatic nitrogens is 3. The largest absolute Gasteiger partial charge is 0.416 e. The van der Waals surface area contributed by atoms with Gasteiger partial charge >= 0.3 is 6.18 Å². The molecule has 202 valence electrons. The van der Waals surface area contributed by atoms with Crippen molar-refractivity contribution in [1.82, 2.24) is 15.0 Å². The first-order chi connectivity index (χ1) is 18.6. The molecule has 0 aliphatic carbocycles. The summed E-state index contributed by atoms with van der Waals surface area (Å²) in [6, 6.07) is 11.5. The van der Waals surface area contributed by atoms with Gasteiger partial charge in [-0.1, -0.05) is 38.4 Å². The minimum absolute atomic E-state index is 0.0772. The number of hydrogen-bond acceptors (Lipinski definition) is 5. The third-order valence-electron chi connectivity index (χ3n) is 6.34. The lowest BCUT2D eigenvalue weighted by molar-refractivity contribution is -0.137. The summed E-state index contributed by atoms with van der Waals surface area (Å²) in [5, 5.41) is 6.57. The van der Waals surface area contributed by atoms with Crippen LogP contribution in [0.4, 0.5) is 30.5 Å². The van der Waals surface area contributed by atoms with Gasteiger partial charge in [0.2, 0.25) is 5.95 Å². The number of anilines is 3. The van der Waals surface area contributed by atoms with Crippen molar-refractivity contribution >= 4 is 34.8 Å². The average Bonchev–Trinajstić information content (AvgIpc) is 2.93. The fourth-order valence-corrected chi connectivity index (χ4v) is 4.54. The highest BCUT2D eigenvalue weighted by atomic mass is 35.5. The maximum absolute atomic E-state index is 13.2. The first-order valence-electron chi connectivity index (χ1n) is 12.5. The Kier molecular flexibility index (Phi) is 8.50. The van der Waals surface area contributed by atoms with E-state index in [-0.39, 0.29) is 5.56 Å². The number of benzene rings is 2. The standard InChI is InChI=1S/C29H27ClF3N5O/c1-4-17-15-24(36-27(39)18-8-7-9-20(14-18)29(31,32)33)22(6-3)26(21(17)5-2)38-28-34-13-12-23(37-28)19-10-11-25(30)35-16-19/h7-16H,4-6H2,1-3H3,(H,36,39)(H,34,37,38). The van der Waals surface area contributed by atoms with E-state index in [9.17, 15) is 18.0 Å². The monoisotopic (exact) mass is 553 g/mol. The lowest BCUT2D eigenvalue weighted by Crippen LogP contribution is -2.17. The van der Waals surface area contributed by atoms with Crippen molar-refractivity contribution in [2.24, 2.45) is 0 Å². The Morgan fingerprint density at radius 3 is 2.36 bits per heavy atom. The smallest absolute Gasteiger partial charge is 0.324 e. The molecule has 39 heavy (non-hydrogen) atoms. The van der Waals surface area contributed by atoms with Gasteiger partial charge in [-0.25, -0.2) is 15.0 Å². The van der Waals surface area contributed by atoms with E-state index in [1.54, 1.807) is 24.5 Å². The van der Waals surface area contributed by atoms with Crippen molar-refractivity contribution in [2.75, 3.05) is 10.6 Å². The van der Waals surface area contributed by atoms with Gasteiger partial charge in [0, 0.05) is 34.9 Å². The third-order valence-corrected chi connectivity index (χ3v) is 6.56. The number of aryl methyl sites for hydroxylation is 1. The summed E-state index contributed by atoms with van der Waals surface area (Å²) in [4.78, 5) is 26.2. The summed E-state index contributed by atoms with van der Waals surface area (Å²) in [5.74, 6) is -0.267. The van der Waals surface area contributed by atoms with E-state index in [1.165, 1.54) is 12.1 Å². The molecule has 0 fully saturated rings. The highest BCUT2D eigenvalue weighted by Gasteiger charge is 2.31. The molecular formula is C29H27ClF3N5O. The molecule has 2 aromatic heterocycles. The second-order valence-electron chi connectivity index (χ2n) is 8.77. The van der Waals surface area contributed by atoms with Crippen LogP contribution in [0.15, 0.2) is 60.9 Å². The van der Waals surface area contributed by atoms with Crippen LogP contribution in [-0.2, 0) is 25.4 Å². The van der Waals surface area contributed by atoms with E-state index in [1.807, 2.05) is 32.9 Å². The fourth-order valence-electron chi connectivity index (χ4n) is 4.42. The van der Waals surface area contributed by atoms with Crippen LogP contribution < -0.4 is 10.6 Å². The maximum atomic E-state index is 13.2. The molecule has 4 aromatic rings. The number of nitrogens with one attached hydrogen (secondary N) is 2. The van der Waals surface area contributed by atoms with Crippen molar-refractivity contribution in [2.45, 2.75) is 46.2 Å². The average molecular weight is 554 g/mol. The molecule has 0 aliphatic heterocycles. The van der Waals surface area contributed by atoms with Crippen LogP contribution in [0.5, 0.6) is 0 Å². The fraction of sp³-hybridized carbons (Fsp3) is 0.241. The van der Waals surface area contributed by atoms with Gasteiger partial charge in [-0.3, -0.25) is 4.79 Å². The molecule has 2 aromatic carbocycles. The number of halogens is 4. The second-order valence-corrected chi connectivity index (χ2v) is 9.16. The molecule has 10 heteroatoms. The van der Waals surface area contributed by atoms with E-state index < -0.39 is 17.6 Å². The summed E-state index contributed by atoms with van der Waals surface area (Å²) in [6.07, 6.45) is 0.654. The Bertz CT molecular complexity index is 1490. The van der Waals surface area contributed by atoms with Gasteiger partial charge in [-0.15, -0.1) is 0 Å². The van der Waals surface area contributed by atoms with Gasteiger partial charge in [0.15, 0.2) is 0 Å². The topological polar surface area (TPSA) is 79.8 Å². The molecule has 0 unspecified atom stereocenters. The summed E-state index contributed by atoms with van der Waals surface area (Å²) in [6.45, 7) is 5.99.